The van der Waals surface area contributed by atoms with E-state index in [4.69, 9.17) is 21.1 Å². The van der Waals surface area contributed by atoms with Gasteiger partial charge in [-0.25, -0.2) is 4.98 Å². The molecule has 0 atom stereocenters. The average molecular weight is 544 g/mol. The van der Waals surface area contributed by atoms with Crippen molar-refractivity contribution in [3.05, 3.63) is 47.2 Å². The molecule has 0 unspecified atom stereocenters. The minimum Gasteiger partial charge on any atom is -0.398 e. The summed E-state index contributed by atoms with van der Waals surface area (Å²) >= 11 is 0. The van der Waals surface area contributed by atoms with E-state index in [2.05, 4.69) is 47.2 Å². The number of hydrogen-bond acceptors (Lipinski definition) is 9. The van der Waals surface area contributed by atoms with E-state index >= 15 is 0 Å². The van der Waals surface area contributed by atoms with Crippen molar-refractivity contribution in [2.45, 2.75) is 44.2 Å². The molecule has 1 spiro atoms. The lowest BCUT2D eigenvalue weighted by molar-refractivity contribution is -0.129. The van der Waals surface area contributed by atoms with Crippen molar-refractivity contribution in [1.82, 2.24) is 19.8 Å². The summed E-state index contributed by atoms with van der Waals surface area (Å²) in [5, 5.41) is 8.04. The van der Waals surface area contributed by atoms with Crippen LogP contribution in [0.5, 0.6) is 0 Å². The van der Waals surface area contributed by atoms with Crippen LogP contribution >= 0.6 is 0 Å². The number of fused-ring (bicyclic) bond motifs is 1. The number of nitrogens with zero attached hydrogens (tertiary/aromatic N) is 7. The summed E-state index contributed by atoms with van der Waals surface area (Å²) in [5.74, 6) is 1.88. The molecule has 4 aliphatic rings. The van der Waals surface area contributed by atoms with Crippen LogP contribution < -0.4 is 20.4 Å². The maximum absolute atomic E-state index is 12.6. The van der Waals surface area contributed by atoms with Gasteiger partial charge in [0.25, 0.3) is 0 Å². The molecule has 0 bridgehead atoms. The van der Waals surface area contributed by atoms with E-state index in [1.807, 2.05) is 17.0 Å². The molecule has 10 heteroatoms. The first-order valence-electron chi connectivity index (χ1n) is 14.4. The molecular formula is C30H41N9O. The standard InChI is InChI=1S/C30H41N9O/c1-5-26(40)39-15-14-37(19-30(39)10-11-30)28-22-8-12-36(27-20(2)6-7-24(32)23(27)16-31)13-9-25(22)33-29(34-28)38-17-21(18-38)35(3)4/h5-7,16,21,31H,1,8-15,17-19,32H2,2-4H3. The quantitative estimate of drug-likeness (QED) is 0.324. The second kappa shape index (κ2) is 10.1. The molecule has 212 valence electrons. The lowest BCUT2D eigenvalue weighted by Crippen LogP contribution is -2.58. The zero-order valence-corrected chi connectivity index (χ0v) is 24.0. The maximum atomic E-state index is 12.6. The third-order valence-corrected chi connectivity index (χ3v) is 9.32. The highest BCUT2D eigenvalue weighted by Crippen LogP contribution is 2.46. The summed E-state index contributed by atoms with van der Waals surface area (Å²) in [5.41, 5.74) is 12.1. The monoisotopic (exact) mass is 543 g/mol. The van der Waals surface area contributed by atoms with Crippen LogP contribution in [-0.2, 0) is 17.6 Å². The Bertz CT molecular complexity index is 1350. The zero-order chi connectivity index (χ0) is 28.2. The van der Waals surface area contributed by atoms with E-state index in [0.29, 0.717) is 18.3 Å². The second-order valence-corrected chi connectivity index (χ2v) is 12.0. The Morgan fingerprint density at radius 1 is 1.10 bits per heavy atom. The predicted octanol–water partition coefficient (Wildman–Crippen LogP) is 2.09. The Morgan fingerprint density at radius 2 is 1.85 bits per heavy atom. The van der Waals surface area contributed by atoms with Gasteiger partial charge in [-0.15, -0.1) is 0 Å². The summed E-state index contributed by atoms with van der Waals surface area (Å²) in [6.45, 7) is 11.5. The highest BCUT2D eigenvalue weighted by Gasteiger charge is 2.53. The topological polar surface area (TPSA) is 109 Å². The Kier molecular flexibility index (Phi) is 6.68. The van der Waals surface area contributed by atoms with Crippen LogP contribution in [-0.4, -0.2) is 103 Å². The number of aryl methyl sites for hydroxylation is 1. The Labute approximate surface area is 236 Å². The van der Waals surface area contributed by atoms with E-state index in [9.17, 15) is 4.79 Å². The smallest absolute Gasteiger partial charge is 0.246 e. The second-order valence-electron chi connectivity index (χ2n) is 12.0. The first-order valence-corrected chi connectivity index (χ1v) is 14.4. The number of nitrogens with two attached hydrogens (primary N) is 1. The lowest BCUT2D eigenvalue weighted by atomic mass is 10.0. The van der Waals surface area contributed by atoms with E-state index in [-0.39, 0.29) is 11.4 Å². The van der Waals surface area contributed by atoms with Crippen LogP contribution in [0.3, 0.4) is 0 Å². The van der Waals surface area contributed by atoms with Crippen LogP contribution in [0.25, 0.3) is 0 Å². The SMILES string of the molecule is C=CC(=O)N1CCN(c2nc(N3CC(N(C)C)C3)nc3c2CCN(c2c(C)ccc(N)c2C=N)CC3)CC12CC2. The van der Waals surface area contributed by atoms with Crippen LogP contribution in [0.1, 0.15) is 35.2 Å². The summed E-state index contributed by atoms with van der Waals surface area (Å²) < 4.78 is 0. The van der Waals surface area contributed by atoms with Crippen LogP contribution in [0.4, 0.5) is 23.1 Å². The minimum atomic E-state index is -0.109. The maximum Gasteiger partial charge on any atom is 0.246 e. The summed E-state index contributed by atoms with van der Waals surface area (Å²) in [6, 6.07) is 4.44. The molecule has 1 aromatic heterocycles. The number of nitrogens with one attached hydrogen (secondary N) is 1. The van der Waals surface area contributed by atoms with E-state index in [0.717, 1.165) is 99.2 Å². The summed E-state index contributed by atoms with van der Waals surface area (Å²) in [4.78, 5) is 34.4. The van der Waals surface area contributed by atoms with E-state index in [1.165, 1.54) is 17.9 Å². The molecule has 1 amide bonds. The molecule has 4 heterocycles. The fourth-order valence-electron chi connectivity index (χ4n) is 6.63. The Hall–Kier alpha value is -3.66. The molecule has 2 aromatic rings. The average Bonchev–Trinajstić information content (AvgIpc) is 3.70. The number of nitrogen functional groups attached to an aromatic ring is 1. The van der Waals surface area contributed by atoms with Gasteiger partial charge in [-0.1, -0.05) is 12.6 Å². The van der Waals surface area contributed by atoms with Gasteiger partial charge in [-0.05, 0) is 58.0 Å². The van der Waals surface area contributed by atoms with Gasteiger partial charge < -0.3 is 35.6 Å². The molecule has 3 aliphatic heterocycles. The van der Waals surface area contributed by atoms with E-state index < -0.39 is 0 Å². The molecule has 3 fully saturated rings. The first-order chi connectivity index (χ1) is 19.2. The first kappa shape index (κ1) is 26.6. The number of likely N-dealkylation sites (N-methyl/N-ethyl adjacent to an activating group) is 1. The number of benzene rings is 1. The molecule has 0 radical (unpaired) electrons. The van der Waals surface area contributed by atoms with Crippen molar-refractivity contribution in [1.29, 1.82) is 5.41 Å². The van der Waals surface area contributed by atoms with Gasteiger partial charge in [-0.2, -0.15) is 4.98 Å². The van der Waals surface area contributed by atoms with Gasteiger partial charge in [0.15, 0.2) is 0 Å². The number of aromatic nitrogens is 2. The third kappa shape index (κ3) is 4.48. The van der Waals surface area contributed by atoms with Gasteiger partial charge in [0.05, 0.1) is 16.9 Å². The molecule has 6 rings (SSSR count). The van der Waals surface area contributed by atoms with Gasteiger partial charge >= 0.3 is 0 Å². The van der Waals surface area contributed by atoms with Crippen molar-refractivity contribution in [2.75, 3.05) is 80.3 Å². The van der Waals surface area contributed by atoms with Gasteiger partial charge in [0.1, 0.15) is 5.82 Å². The number of rotatable bonds is 6. The zero-order valence-electron chi connectivity index (χ0n) is 24.0. The molecule has 40 heavy (non-hydrogen) atoms. The Morgan fingerprint density at radius 3 is 2.52 bits per heavy atom. The Balaban J connectivity index is 1.34. The molecule has 1 saturated carbocycles. The van der Waals surface area contributed by atoms with Crippen LogP contribution in [0.15, 0.2) is 24.8 Å². The molecule has 10 nitrogen and oxygen atoms in total. The van der Waals surface area contributed by atoms with Gasteiger partial charge in [0.2, 0.25) is 11.9 Å². The fraction of sp³-hybridized carbons (Fsp3) is 0.533. The number of carbonyl (C=O) groups excluding carboxylic acids is 1. The minimum absolute atomic E-state index is 0.0322. The largest absolute Gasteiger partial charge is 0.398 e. The summed E-state index contributed by atoms with van der Waals surface area (Å²) in [6.07, 6.45) is 6.49. The van der Waals surface area contributed by atoms with Crippen LogP contribution in [0.2, 0.25) is 0 Å². The van der Waals surface area contributed by atoms with Gasteiger partial charge in [0, 0.05) is 81.3 Å². The summed E-state index contributed by atoms with van der Waals surface area (Å²) in [7, 11) is 4.25. The molecule has 3 N–H and O–H groups in total. The highest BCUT2D eigenvalue weighted by atomic mass is 16.2. The van der Waals surface area contributed by atoms with E-state index in [1.54, 1.807) is 0 Å². The van der Waals surface area contributed by atoms with Crippen molar-refractivity contribution >= 4 is 35.3 Å². The van der Waals surface area contributed by atoms with Gasteiger partial charge in [-0.3, -0.25) is 4.79 Å². The lowest BCUT2D eigenvalue weighted by Gasteiger charge is -2.44. The van der Waals surface area contributed by atoms with Crippen molar-refractivity contribution in [2.24, 2.45) is 0 Å². The van der Waals surface area contributed by atoms with Crippen molar-refractivity contribution < 1.29 is 4.79 Å². The fourth-order valence-corrected chi connectivity index (χ4v) is 6.63. The number of anilines is 4. The molecular weight excluding hydrogens is 502 g/mol. The number of carbonyl (C=O) groups is 1. The predicted molar refractivity (Wildman–Crippen MR) is 161 cm³/mol. The molecule has 2 saturated heterocycles. The number of amides is 1. The number of hydrogen-bond donors (Lipinski definition) is 2. The third-order valence-electron chi connectivity index (χ3n) is 9.32. The van der Waals surface area contributed by atoms with Crippen molar-refractivity contribution in [3.63, 3.8) is 0 Å². The van der Waals surface area contributed by atoms with Crippen molar-refractivity contribution in [3.8, 4) is 0 Å². The normalized spacial score (nSPS) is 20.3. The van der Waals surface area contributed by atoms with Crippen LogP contribution in [0, 0.1) is 12.3 Å². The molecule has 1 aromatic carbocycles. The highest BCUT2D eigenvalue weighted by molar-refractivity contribution is 5.94. The number of piperazine rings is 1. The molecule has 1 aliphatic carbocycles.